The molecule has 9 heteroatoms. The Morgan fingerprint density at radius 3 is 2.53 bits per heavy atom. The maximum atomic E-state index is 15.1. The van der Waals surface area contributed by atoms with Gasteiger partial charge >= 0.3 is 5.97 Å². The van der Waals surface area contributed by atoms with Gasteiger partial charge in [-0.1, -0.05) is 48.5 Å². The number of likely N-dealkylation sites (N-methyl/N-ethyl adjacent to an activating group) is 1. The molecule has 0 fully saturated rings. The summed E-state index contributed by atoms with van der Waals surface area (Å²) in [5, 5.41) is 8.94. The fourth-order valence-electron chi connectivity index (χ4n) is 3.56. The number of carbonyl (C=O) groups is 2. The monoisotopic (exact) mass is 477 g/mol. The third-order valence-corrected chi connectivity index (χ3v) is 5.33. The molecule has 3 rings (SSSR count). The summed E-state index contributed by atoms with van der Waals surface area (Å²) < 4.78 is 63.6. The van der Waals surface area contributed by atoms with Crippen molar-refractivity contribution in [3.63, 3.8) is 0 Å². The summed E-state index contributed by atoms with van der Waals surface area (Å²) in [5.41, 5.74) is -1.00. The lowest BCUT2D eigenvalue weighted by molar-refractivity contribution is -0.138. The maximum Gasteiger partial charge on any atom is 0.317 e. The highest BCUT2D eigenvalue weighted by Gasteiger charge is 2.45. The van der Waals surface area contributed by atoms with Crippen molar-refractivity contribution in [1.82, 2.24) is 4.90 Å². The molecule has 2 atom stereocenters. The van der Waals surface area contributed by atoms with Crippen LogP contribution in [-0.2, 0) is 15.5 Å². The van der Waals surface area contributed by atoms with Gasteiger partial charge in [0.05, 0.1) is 6.54 Å². The Balaban J connectivity index is 1.85. The highest BCUT2D eigenvalue weighted by Crippen LogP contribution is 2.42. The number of Topliss-reactive ketones (excluding diaryl/α,β-unsaturated/α-hetero) is 1. The highest BCUT2D eigenvalue weighted by atomic mass is 19.3. The molecular weight excluding hydrogens is 454 g/mol. The van der Waals surface area contributed by atoms with E-state index >= 15 is 8.78 Å². The van der Waals surface area contributed by atoms with Crippen molar-refractivity contribution >= 4 is 11.8 Å². The first kappa shape index (κ1) is 25.2. The molecule has 0 heterocycles. The zero-order chi connectivity index (χ0) is 24.9. The number of hydrogen-bond donors (Lipinski definition) is 1. The first-order valence-corrected chi connectivity index (χ1v) is 10.5. The maximum absolute atomic E-state index is 15.1. The molecule has 0 bridgehead atoms. The van der Waals surface area contributed by atoms with Crippen LogP contribution in [0.3, 0.4) is 0 Å². The van der Waals surface area contributed by atoms with Gasteiger partial charge in [0.1, 0.15) is 11.9 Å². The second kappa shape index (κ2) is 10.6. The van der Waals surface area contributed by atoms with Crippen LogP contribution in [0, 0.1) is 0 Å². The molecule has 0 aliphatic heterocycles. The molecule has 2 unspecified atom stereocenters. The third kappa shape index (κ3) is 5.91. The van der Waals surface area contributed by atoms with Crippen LogP contribution in [0.1, 0.15) is 23.7 Å². The van der Waals surface area contributed by atoms with Crippen LogP contribution < -0.4 is 4.74 Å². The molecule has 180 valence electrons. The van der Waals surface area contributed by atoms with E-state index in [0.29, 0.717) is 25.1 Å². The SMILES string of the molecule is CN(CCC(Oc1cccc(C(F)(F)C2=CC=C(F)C(=O)C2F)c1)c1ccccc1)CC(=O)O. The predicted octanol–water partition coefficient (Wildman–Crippen LogP) is 5.01. The Bertz CT molecular complexity index is 1100. The minimum Gasteiger partial charge on any atom is -0.486 e. The zero-order valence-electron chi connectivity index (χ0n) is 18.3. The average Bonchev–Trinajstić information content (AvgIpc) is 2.80. The molecule has 0 saturated carbocycles. The first-order chi connectivity index (χ1) is 16.1. The number of alkyl halides is 3. The van der Waals surface area contributed by atoms with E-state index in [1.807, 2.05) is 6.07 Å². The van der Waals surface area contributed by atoms with E-state index in [9.17, 15) is 18.4 Å². The lowest BCUT2D eigenvalue weighted by Gasteiger charge is -2.25. The van der Waals surface area contributed by atoms with E-state index in [4.69, 9.17) is 9.84 Å². The van der Waals surface area contributed by atoms with E-state index in [0.717, 1.165) is 17.7 Å². The smallest absolute Gasteiger partial charge is 0.317 e. The van der Waals surface area contributed by atoms with Gasteiger partial charge in [-0.3, -0.25) is 14.5 Å². The van der Waals surface area contributed by atoms with Gasteiger partial charge in [-0.25, -0.2) is 8.78 Å². The molecule has 0 amide bonds. The van der Waals surface area contributed by atoms with Crippen LogP contribution in [0.15, 0.2) is 78.1 Å². The molecule has 0 saturated heterocycles. The van der Waals surface area contributed by atoms with Crippen LogP contribution in [0.2, 0.25) is 0 Å². The lowest BCUT2D eigenvalue weighted by Crippen LogP contribution is -2.31. The molecule has 2 aromatic carbocycles. The average molecular weight is 477 g/mol. The summed E-state index contributed by atoms with van der Waals surface area (Å²) in [6, 6.07) is 13.9. The highest BCUT2D eigenvalue weighted by molar-refractivity contribution is 6.00. The number of carboxylic acid groups (broad SMARTS) is 1. The largest absolute Gasteiger partial charge is 0.486 e. The molecule has 2 aromatic rings. The van der Waals surface area contributed by atoms with E-state index in [1.54, 1.807) is 36.2 Å². The van der Waals surface area contributed by atoms with Crippen molar-refractivity contribution in [1.29, 1.82) is 0 Å². The fraction of sp³-hybridized carbons (Fsp3) is 0.280. The van der Waals surface area contributed by atoms with Crippen molar-refractivity contribution < 1.29 is 37.0 Å². The van der Waals surface area contributed by atoms with Gasteiger partial charge in [0.15, 0.2) is 12.0 Å². The number of hydrogen-bond acceptors (Lipinski definition) is 4. The second-order valence-corrected chi connectivity index (χ2v) is 7.90. The summed E-state index contributed by atoms with van der Waals surface area (Å²) in [7, 11) is 1.64. The number of carboxylic acids is 1. The Morgan fingerprint density at radius 1 is 1.15 bits per heavy atom. The second-order valence-electron chi connectivity index (χ2n) is 7.90. The van der Waals surface area contributed by atoms with Crippen LogP contribution in [-0.4, -0.2) is 48.1 Å². The van der Waals surface area contributed by atoms with Gasteiger partial charge in [-0.2, -0.15) is 8.78 Å². The van der Waals surface area contributed by atoms with E-state index < -0.39 is 46.9 Å². The third-order valence-electron chi connectivity index (χ3n) is 5.33. The van der Waals surface area contributed by atoms with Gasteiger partial charge in [-0.15, -0.1) is 0 Å². The van der Waals surface area contributed by atoms with E-state index in [1.165, 1.54) is 12.1 Å². The fourth-order valence-corrected chi connectivity index (χ4v) is 3.56. The number of ketones is 1. The Labute approximate surface area is 194 Å². The number of ether oxygens (including phenoxy) is 1. The summed E-state index contributed by atoms with van der Waals surface area (Å²) in [6.45, 7) is 0.189. The molecular formula is C25H23F4NO4. The Kier molecular flexibility index (Phi) is 7.88. The van der Waals surface area contributed by atoms with Crippen molar-refractivity contribution in [3.8, 4) is 5.75 Å². The number of halogens is 4. The van der Waals surface area contributed by atoms with Crippen LogP contribution in [0.25, 0.3) is 0 Å². The standard InChI is InChI=1S/C25H23F4NO4/c1-30(15-22(31)32)13-12-21(16-6-3-2-4-7-16)34-18-9-5-8-17(14-18)25(28,29)19-10-11-20(26)24(33)23(19)27/h2-11,14,21,23H,12-13,15H2,1H3,(H,31,32). The topological polar surface area (TPSA) is 66.8 Å². The number of nitrogens with zero attached hydrogens (tertiary/aromatic N) is 1. The molecule has 0 spiro atoms. The van der Waals surface area contributed by atoms with Gasteiger partial charge in [0, 0.05) is 24.1 Å². The normalized spacial score (nSPS) is 17.2. The Hall–Kier alpha value is -3.46. The lowest BCUT2D eigenvalue weighted by atomic mass is 9.91. The van der Waals surface area contributed by atoms with Crippen molar-refractivity contribution in [2.75, 3.05) is 20.1 Å². The van der Waals surface area contributed by atoms with Crippen molar-refractivity contribution in [2.24, 2.45) is 0 Å². The van der Waals surface area contributed by atoms with E-state index in [-0.39, 0.29) is 12.3 Å². The molecule has 1 aliphatic rings. The number of rotatable bonds is 10. The van der Waals surface area contributed by atoms with Crippen molar-refractivity contribution in [2.45, 2.75) is 24.6 Å². The molecule has 5 nitrogen and oxygen atoms in total. The minimum atomic E-state index is -3.88. The number of carbonyl (C=O) groups excluding carboxylic acids is 1. The van der Waals surface area contributed by atoms with Gasteiger partial charge in [0.25, 0.3) is 5.92 Å². The molecule has 1 aliphatic carbocycles. The van der Waals surface area contributed by atoms with Gasteiger partial charge in [-0.05, 0) is 30.8 Å². The quantitative estimate of drug-likeness (QED) is 0.488. The number of aliphatic carboxylic acids is 1. The summed E-state index contributed by atoms with van der Waals surface area (Å²) in [4.78, 5) is 24.0. The van der Waals surface area contributed by atoms with Gasteiger partial charge in [0.2, 0.25) is 5.78 Å². The molecule has 34 heavy (non-hydrogen) atoms. The predicted molar refractivity (Wildman–Crippen MR) is 117 cm³/mol. The number of allylic oxidation sites excluding steroid dienone is 4. The summed E-state index contributed by atoms with van der Waals surface area (Å²) >= 11 is 0. The summed E-state index contributed by atoms with van der Waals surface area (Å²) in [6.07, 6.45) is -1.89. The molecule has 0 radical (unpaired) electrons. The summed E-state index contributed by atoms with van der Waals surface area (Å²) in [5.74, 6) is -7.84. The van der Waals surface area contributed by atoms with Crippen LogP contribution in [0.5, 0.6) is 5.75 Å². The van der Waals surface area contributed by atoms with Crippen molar-refractivity contribution in [3.05, 3.63) is 89.3 Å². The van der Waals surface area contributed by atoms with E-state index in [2.05, 4.69) is 0 Å². The van der Waals surface area contributed by atoms with Gasteiger partial charge < -0.3 is 9.84 Å². The Morgan fingerprint density at radius 2 is 1.85 bits per heavy atom. The molecule has 0 aromatic heterocycles. The zero-order valence-corrected chi connectivity index (χ0v) is 18.3. The number of benzene rings is 2. The minimum absolute atomic E-state index is 0.0757. The molecule has 1 N–H and O–H groups in total. The first-order valence-electron chi connectivity index (χ1n) is 10.5. The van der Waals surface area contributed by atoms with Crippen LogP contribution >= 0.6 is 0 Å². The van der Waals surface area contributed by atoms with Crippen LogP contribution in [0.4, 0.5) is 17.6 Å².